The molecule has 0 bridgehead atoms. The highest BCUT2D eigenvalue weighted by Gasteiger charge is 2.30. The molecular weight excluding hydrogens is 262 g/mol. The second kappa shape index (κ2) is 6.19. The van der Waals surface area contributed by atoms with Crippen molar-refractivity contribution in [1.82, 2.24) is 5.32 Å². The second-order valence-electron chi connectivity index (χ2n) is 5.33. The summed E-state index contributed by atoms with van der Waals surface area (Å²) in [6.45, 7) is 5.72. The predicted molar refractivity (Wildman–Crippen MR) is 83.7 cm³/mol. The van der Waals surface area contributed by atoms with E-state index < -0.39 is 0 Å². The van der Waals surface area contributed by atoms with Crippen LogP contribution in [0.25, 0.3) is 0 Å². The van der Waals surface area contributed by atoms with Gasteiger partial charge in [0.25, 0.3) is 0 Å². The number of fused-ring (bicyclic) bond motifs is 1. The largest absolute Gasteiger partial charge is 0.489 e. The van der Waals surface area contributed by atoms with Gasteiger partial charge < -0.3 is 14.8 Å². The topological polar surface area (TPSA) is 30.5 Å². The highest BCUT2D eigenvalue weighted by molar-refractivity contribution is 5.45. The lowest BCUT2D eigenvalue weighted by atomic mass is 10.0. The maximum atomic E-state index is 5.90. The summed E-state index contributed by atoms with van der Waals surface area (Å²) in [7, 11) is 0. The SMILES string of the molecule is CCNC1c2cc(OCc3ccccc3)ccc2OC1C. The van der Waals surface area contributed by atoms with Gasteiger partial charge in [-0.2, -0.15) is 0 Å². The van der Waals surface area contributed by atoms with Gasteiger partial charge in [-0.05, 0) is 37.2 Å². The maximum Gasteiger partial charge on any atom is 0.125 e. The van der Waals surface area contributed by atoms with E-state index in [9.17, 15) is 0 Å². The average Bonchev–Trinajstić information content (AvgIpc) is 2.82. The molecule has 0 radical (unpaired) electrons. The maximum absolute atomic E-state index is 5.90. The monoisotopic (exact) mass is 283 g/mol. The van der Waals surface area contributed by atoms with E-state index in [2.05, 4.69) is 37.4 Å². The van der Waals surface area contributed by atoms with E-state index in [4.69, 9.17) is 9.47 Å². The van der Waals surface area contributed by atoms with Crippen LogP contribution in [0.4, 0.5) is 0 Å². The zero-order valence-electron chi connectivity index (χ0n) is 12.5. The van der Waals surface area contributed by atoms with Crippen LogP contribution in [-0.2, 0) is 6.61 Å². The Morgan fingerprint density at radius 1 is 1.14 bits per heavy atom. The number of rotatable bonds is 5. The molecule has 0 amide bonds. The number of benzene rings is 2. The molecule has 0 fully saturated rings. The Labute approximate surface area is 125 Å². The van der Waals surface area contributed by atoms with Crippen molar-refractivity contribution in [2.45, 2.75) is 32.6 Å². The molecule has 2 unspecified atom stereocenters. The summed E-state index contributed by atoms with van der Waals surface area (Å²) >= 11 is 0. The summed E-state index contributed by atoms with van der Waals surface area (Å²) in [6.07, 6.45) is 0.157. The van der Waals surface area contributed by atoms with Crippen LogP contribution in [0.15, 0.2) is 48.5 Å². The van der Waals surface area contributed by atoms with Crippen molar-refractivity contribution in [3.05, 3.63) is 59.7 Å². The highest BCUT2D eigenvalue weighted by Crippen LogP contribution is 2.38. The molecule has 1 heterocycles. The molecule has 3 nitrogen and oxygen atoms in total. The smallest absolute Gasteiger partial charge is 0.125 e. The first kappa shape index (κ1) is 14.0. The van der Waals surface area contributed by atoms with Crippen LogP contribution in [0.1, 0.15) is 31.0 Å². The molecule has 3 heteroatoms. The molecule has 2 atom stereocenters. The Bertz CT molecular complexity index is 597. The summed E-state index contributed by atoms with van der Waals surface area (Å²) in [5.74, 6) is 1.85. The zero-order chi connectivity index (χ0) is 14.7. The third-order valence-corrected chi connectivity index (χ3v) is 3.77. The number of nitrogens with one attached hydrogen (secondary N) is 1. The minimum Gasteiger partial charge on any atom is -0.489 e. The molecule has 2 aromatic carbocycles. The molecule has 3 rings (SSSR count). The molecule has 0 spiro atoms. The van der Waals surface area contributed by atoms with Gasteiger partial charge in [-0.1, -0.05) is 37.3 Å². The molecule has 0 saturated carbocycles. The number of hydrogen-bond acceptors (Lipinski definition) is 3. The van der Waals surface area contributed by atoms with Gasteiger partial charge in [-0.3, -0.25) is 0 Å². The first-order chi connectivity index (χ1) is 10.3. The lowest BCUT2D eigenvalue weighted by molar-refractivity contribution is 0.211. The minimum atomic E-state index is 0.157. The van der Waals surface area contributed by atoms with E-state index in [-0.39, 0.29) is 12.1 Å². The summed E-state index contributed by atoms with van der Waals surface area (Å²) < 4.78 is 11.8. The van der Waals surface area contributed by atoms with E-state index in [1.165, 1.54) is 11.1 Å². The normalized spacial score (nSPS) is 19.9. The Hall–Kier alpha value is -2.00. The van der Waals surface area contributed by atoms with Gasteiger partial charge in [-0.25, -0.2) is 0 Å². The first-order valence-corrected chi connectivity index (χ1v) is 7.48. The lowest BCUT2D eigenvalue weighted by Gasteiger charge is -2.15. The van der Waals surface area contributed by atoms with Gasteiger partial charge in [0.2, 0.25) is 0 Å². The Kier molecular flexibility index (Phi) is 4.11. The van der Waals surface area contributed by atoms with Crippen molar-refractivity contribution < 1.29 is 9.47 Å². The highest BCUT2D eigenvalue weighted by atomic mass is 16.5. The Morgan fingerprint density at radius 3 is 2.71 bits per heavy atom. The molecule has 1 aliphatic rings. The van der Waals surface area contributed by atoms with E-state index in [0.717, 1.165) is 18.0 Å². The van der Waals surface area contributed by atoms with Gasteiger partial charge in [0, 0.05) is 5.56 Å². The third kappa shape index (κ3) is 3.03. The van der Waals surface area contributed by atoms with Crippen LogP contribution in [0.2, 0.25) is 0 Å². The second-order valence-corrected chi connectivity index (χ2v) is 5.33. The molecular formula is C18H21NO2. The van der Waals surface area contributed by atoms with Crippen molar-refractivity contribution in [2.75, 3.05) is 6.54 Å². The Balaban J connectivity index is 1.74. The molecule has 21 heavy (non-hydrogen) atoms. The van der Waals surface area contributed by atoms with Crippen LogP contribution < -0.4 is 14.8 Å². The van der Waals surface area contributed by atoms with Crippen LogP contribution in [0, 0.1) is 0 Å². The van der Waals surface area contributed by atoms with E-state index >= 15 is 0 Å². The lowest BCUT2D eigenvalue weighted by Crippen LogP contribution is -2.28. The first-order valence-electron chi connectivity index (χ1n) is 7.48. The summed E-state index contributed by atoms with van der Waals surface area (Å²) in [6, 6.07) is 16.5. The number of likely N-dealkylation sites (N-methyl/N-ethyl adjacent to an activating group) is 1. The Morgan fingerprint density at radius 2 is 1.95 bits per heavy atom. The van der Waals surface area contributed by atoms with Crippen molar-refractivity contribution in [3.63, 3.8) is 0 Å². The molecule has 110 valence electrons. The molecule has 1 N–H and O–H groups in total. The fourth-order valence-electron chi connectivity index (χ4n) is 2.72. The minimum absolute atomic E-state index is 0.157. The average molecular weight is 283 g/mol. The van der Waals surface area contributed by atoms with Crippen molar-refractivity contribution in [2.24, 2.45) is 0 Å². The molecule has 1 aliphatic heterocycles. The molecule has 2 aromatic rings. The van der Waals surface area contributed by atoms with Gasteiger partial charge in [-0.15, -0.1) is 0 Å². The van der Waals surface area contributed by atoms with E-state index in [1.54, 1.807) is 0 Å². The van der Waals surface area contributed by atoms with Crippen LogP contribution in [0.3, 0.4) is 0 Å². The molecule has 0 aromatic heterocycles. The van der Waals surface area contributed by atoms with Crippen LogP contribution >= 0.6 is 0 Å². The van der Waals surface area contributed by atoms with Crippen LogP contribution in [0.5, 0.6) is 11.5 Å². The molecule has 0 saturated heterocycles. The standard InChI is InChI=1S/C18H21NO2/c1-3-19-18-13(2)21-17-10-9-15(11-16(17)18)20-12-14-7-5-4-6-8-14/h4-11,13,18-19H,3,12H2,1-2H3. The zero-order valence-corrected chi connectivity index (χ0v) is 12.5. The van der Waals surface area contributed by atoms with Crippen LogP contribution in [-0.4, -0.2) is 12.6 Å². The van der Waals surface area contributed by atoms with Crippen molar-refractivity contribution in [1.29, 1.82) is 0 Å². The summed E-state index contributed by atoms with van der Waals surface area (Å²) in [4.78, 5) is 0. The van der Waals surface area contributed by atoms with Crippen molar-refractivity contribution >= 4 is 0 Å². The van der Waals surface area contributed by atoms with E-state index in [0.29, 0.717) is 6.61 Å². The fourth-order valence-corrected chi connectivity index (χ4v) is 2.72. The third-order valence-electron chi connectivity index (χ3n) is 3.77. The van der Waals surface area contributed by atoms with E-state index in [1.807, 2.05) is 30.3 Å². The van der Waals surface area contributed by atoms with Gasteiger partial charge in [0.15, 0.2) is 0 Å². The summed E-state index contributed by atoms with van der Waals surface area (Å²) in [5, 5.41) is 3.47. The number of hydrogen-bond donors (Lipinski definition) is 1. The van der Waals surface area contributed by atoms with Crippen molar-refractivity contribution in [3.8, 4) is 11.5 Å². The summed E-state index contributed by atoms with van der Waals surface area (Å²) in [5.41, 5.74) is 2.36. The molecule has 0 aliphatic carbocycles. The number of ether oxygens (including phenoxy) is 2. The quantitative estimate of drug-likeness (QED) is 0.907. The predicted octanol–water partition coefficient (Wildman–Crippen LogP) is 3.70. The fraction of sp³-hybridized carbons (Fsp3) is 0.333. The van der Waals surface area contributed by atoms with Gasteiger partial charge in [0.1, 0.15) is 24.2 Å². The van der Waals surface area contributed by atoms with Gasteiger partial charge in [0.05, 0.1) is 6.04 Å². The van der Waals surface area contributed by atoms with Gasteiger partial charge >= 0.3 is 0 Å².